The molecule has 9 nitrogen and oxygen atoms in total. The number of aliphatic carboxylic acids is 1. The number of hydrogen-bond acceptors (Lipinski definition) is 7. The number of anilines is 1. The first kappa shape index (κ1) is 22.3. The van der Waals surface area contributed by atoms with Gasteiger partial charge in [0, 0.05) is 41.6 Å². The number of carboxylic acid groups (broad SMARTS) is 1. The smallest absolute Gasteiger partial charge is 0.338 e. The van der Waals surface area contributed by atoms with E-state index in [9.17, 15) is 9.18 Å². The fraction of sp³-hybridized carbons (Fsp3) is 0.304. The Morgan fingerprint density at radius 3 is 2.53 bits per heavy atom. The highest BCUT2D eigenvalue weighted by Crippen LogP contribution is 2.41. The van der Waals surface area contributed by atoms with Crippen LogP contribution in [-0.2, 0) is 4.79 Å². The molecule has 4 aromatic heterocycles. The van der Waals surface area contributed by atoms with Crippen LogP contribution in [0.1, 0.15) is 37.3 Å². The number of nitrogens with two attached hydrogens (primary N) is 1. The van der Waals surface area contributed by atoms with E-state index in [2.05, 4.69) is 36.0 Å². The van der Waals surface area contributed by atoms with Crippen LogP contribution in [-0.4, -0.2) is 46.8 Å². The van der Waals surface area contributed by atoms with Gasteiger partial charge in [-0.25, -0.2) is 24.1 Å². The van der Waals surface area contributed by atoms with Gasteiger partial charge in [0.05, 0.1) is 16.4 Å². The third-order valence-corrected chi connectivity index (χ3v) is 7.14. The first-order chi connectivity index (χ1) is 16.4. The molecule has 0 unspecified atom stereocenters. The largest absolute Gasteiger partial charge is 0.479 e. The second-order valence-corrected chi connectivity index (χ2v) is 9.14. The van der Waals surface area contributed by atoms with Crippen LogP contribution in [0.5, 0.6) is 0 Å². The van der Waals surface area contributed by atoms with Crippen LogP contribution in [0, 0.1) is 5.92 Å². The van der Waals surface area contributed by atoms with Crippen molar-refractivity contribution in [2.45, 2.75) is 37.8 Å². The molecular weight excluding hydrogens is 505 g/mol. The van der Waals surface area contributed by atoms with Crippen LogP contribution in [0.4, 0.5) is 10.2 Å². The molecule has 1 saturated carbocycles. The van der Waals surface area contributed by atoms with Gasteiger partial charge in [0.25, 0.3) is 0 Å². The van der Waals surface area contributed by atoms with Crippen LogP contribution in [0.3, 0.4) is 0 Å². The highest BCUT2D eigenvalue weighted by molar-refractivity contribution is 9.10. The molecular formula is C23H21BrFN7O2. The molecule has 3 N–H and O–H groups in total. The molecule has 0 aromatic carbocycles. The number of carbonyl (C=O) groups is 1. The van der Waals surface area contributed by atoms with E-state index in [-0.39, 0.29) is 5.92 Å². The Morgan fingerprint density at radius 1 is 1.15 bits per heavy atom. The highest BCUT2D eigenvalue weighted by Gasteiger charge is 2.34. The number of halogens is 2. The molecule has 174 valence electrons. The van der Waals surface area contributed by atoms with Gasteiger partial charge in [-0.3, -0.25) is 4.98 Å². The summed E-state index contributed by atoms with van der Waals surface area (Å²) in [4.78, 5) is 28.8. The van der Waals surface area contributed by atoms with Crippen LogP contribution >= 0.6 is 15.9 Å². The summed E-state index contributed by atoms with van der Waals surface area (Å²) < 4.78 is 16.2. The van der Waals surface area contributed by atoms with Gasteiger partial charge in [0.2, 0.25) is 0 Å². The van der Waals surface area contributed by atoms with Crippen molar-refractivity contribution in [2.24, 2.45) is 5.92 Å². The molecule has 0 amide bonds. The number of alkyl halides is 1. The second-order valence-electron chi connectivity index (χ2n) is 8.35. The standard InChI is InChI=1S/C23H21BrFN7O2/c24-17-19(13-4-2-12(3-5-13)18(25)23(33)34)31-22-15(11-30-32(22)20(17)26)14-6-7-16(29-10-14)21-27-8-1-9-28-21/h1,6-13,18H,2-5,26H2,(H,33,34)/t12?,13?,18-/m0/s1. The normalized spacial score (nSPS) is 19.2. The Kier molecular flexibility index (Phi) is 5.94. The van der Waals surface area contributed by atoms with Gasteiger partial charge in [0.1, 0.15) is 11.5 Å². The zero-order valence-corrected chi connectivity index (χ0v) is 19.6. The van der Waals surface area contributed by atoms with Gasteiger partial charge >= 0.3 is 5.97 Å². The number of carboxylic acids is 1. The minimum atomic E-state index is -1.83. The monoisotopic (exact) mass is 525 g/mol. The lowest BCUT2D eigenvalue weighted by molar-refractivity contribution is -0.145. The quantitative estimate of drug-likeness (QED) is 0.394. The predicted molar refractivity (Wildman–Crippen MR) is 127 cm³/mol. The van der Waals surface area contributed by atoms with Gasteiger partial charge in [0.15, 0.2) is 17.6 Å². The number of aromatic nitrogens is 6. The maximum Gasteiger partial charge on any atom is 0.338 e. The number of nitrogens with zero attached hydrogens (tertiary/aromatic N) is 6. The molecule has 5 rings (SSSR count). The minimum absolute atomic E-state index is 0.0393. The molecule has 1 aliphatic carbocycles. The second kappa shape index (κ2) is 9.05. The third kappa shape index (κ3) is 4.00. The molecule has 0 radical (unpaired) electrons. The molecule has 0 aliphatic heterocycles. The molecule has 0 spiro atoms. The van der Waals surface area contributed by atoms with Crippen LogP contribution in [0.15, 0.2) is 47.5 Å². The summed E-state index contributed by atoms with van der Waals surface area (Å²) in [6.45, 7) is 0. The lowest BCUT2D eigenvalue weighted by Crippen LogP contribution is -2.28. The molecule has 1 atom stereocenters. The van der Waals surface area contributed by atoms with E-state index in [1.54, 1.807) is 35.4 Å². The van der Waals surface area contributed by atoms with Gasteiger partial charge < -0.3 is 10.8 Å². The number of nitrogen functional groups attached to an aromatic ring is 1. The van der Waals surface area contributed by atoms with E-state index in [4.69, 9.17) is 15.8 Å². The van der Waals surface area contributed by atoms with Gasteiger partial charge in [-0.15, -0.1) is 0 Å². The lowest BCUT2D eigenvalue weighted by atomic mass is 9.78. The number of fused-ring (bicyclic) bond motifs is 1. The van der Waals surface area contributed by atoms with Crippen molar-refractivity contribution in [3.05, 3.63) is 53.2 Å². The molecule has 4 aromatic rings. The topological polar surface area (TPSA) is 132 Å². The van der Waals surface area contributed by atoms with E-state index in [1.165, 1.54) is 0 Å². The highest BCUT2D eigenvalue weighted by atomic mass is 79.9. The maximum absolute atomic E-state index is 14.0. The van der Waals surface area contributed by atoms with Crippen molar-refractivity contribution in [3.8, 4) is 22.6 Å². The molecule has 1 fully saturated rings. The van der Waals surface area contributed by atoms with E-state index in [0.717, 1.165) is 16.8 Å². The minimum Gasteiger partial charge on any atom is -0.479 e. The summed E-state index contributed by atoms with van der Waals surface area (Å²) in [5.41, 5.74) is 10.00. The fourth-order valence-electron chi connectivity index (χ4n) is 4.49. The molecule has 0 bridgehead atoms. The zero-order chi connectivity index (χ0) is 23.8. The number of pyridine rings is 1. The average Bonchev–Trinajstić information content (AvgIpc) is 3.30. The summed E-state index contributed by atoms with van der Waals surface area (Å²) in [7, 11) is 0. The molecule has 1 aliphatic rings. The van der Waals surface area contributed by atoms with E-state index >= 15 is 0 Å². The molecule has 4 heterocycles. The van der Waals surface area contributed by atoms with Crippen molar-refractivity contribution in [1.82, 2.24) is 29.5 Å². The molecule has 34 heavy (non-hydrogen) atoms. The summed E-state index contributed by atoms with van der Waals surface area (Å²) in [5, 5.41) is 13.4. The first-order valence-corrected chi connectivity index (χ1v) is 11.7. The van der Waals surface area contributed by atoms with Crippen molar-refractivity contribution in [1.29, 1.82) is 0 Å². The Bertz CT molecular complexity index is 1340. The average molecular weight is 526 g/mol. The van der Waals surface area contributed by atoms with Crippen molar-refractivity contribution in [3.63, 3.8) is 0 Å². The van der Waals surface area contributed by atoms with Crippen LogP contribution < -0.4 is 5.73 Å². The van der Waals surface area contributed by atoms with Crippen LogP contribution in [0.2, 0.25) is 0 Å². The van der Waals surface area contributed by atoms with E-state index in [0.29, 0.717) is 53.1 Å². The third-order valence-electron chi connectivity index (χ3n) is 6.33. The molecule has 0 saturated heterocycles. The maximum atomic E-state index is 14.0. The number of rotatable bonds is 5. The van der Waals surface area contributed by atoms with Crippen LogP contribution in [0.25, 0.3) is 28.3 Å². The number of hydrogen-bond donors (Lipinski definition) is 2. The summed E-state index contributed by atoms with van der Waals surface area (Å²) in [5.74, 6) is -0.869. The van der Waals surface area contributed by atoms with E-state index < -0.39 is 18.1 Å². The van der Waals surface area contributed by atoms with Crippen molar-refractivity contribution >= 4 is 33.4 Å². The van der Waals surface area contributed by atoms with Gasteiger partial charge in [-0.1, -0.05) is 6.07 Å². The predicted octanol–water partition coefficient (Wildman–Crippen LogP) is 4.29. The Labute approximate surface area is 202 Å². The summed E-state index contributed by atoms with van der Waals surface area (Å²) >= 11 is 3.56. The van der Waals surface area contributed by atoms with Crippen molar-refractivity contribution < 1.29 is 14.3 Å². The zero-order valence-electron chi connectivity index (χ0n) is 18.0. The van der Waals surface area contributed by atoms with Gasteiger partial charge in [-0.05, 0) is 53.7 Å². The van der Waals surface area contributed by atoms with E-state index in [1.807, 2.05) is 12.1 Å². The SMILES string of the molecule is Nc1c(Br)c(C2CCC([C@H](F)C(=O)O)CC2)nc2c(-c3ccc(-c4ncccn4)nc3)cnn12. The van der Waals surface area contributed by atoms with Gasteiger partial charge in [-0.2, -0.15) is 9.61 Å². The summed E-state index contributed by atoms with van der Waals surface area (Å²) in [6, 6.07) is 5.50. The first-order valence-electron chi connectivity index (χ1n) is 10.9. The Balaban J connectivity index is 1.46. The lowest BCUT2D eigenvalue weighted by Gasteiger charge is -2.29. The molecule has 11 heteroatoms. The fourth-order valence-corrected chi connectivity index (χ4v) is 5.07. The Hall–Kier alpha value is -3.47. The van der Waals surface area contributed by atoms with Crippen molar-refractivity contribution in [2.75, 3.05) is 5.73 Å². The Morgan fingerprint density at radius 2 is 1.88 bits per heavy atom. The summed E-state index contributed by atoms with van der Waals surface area (Å²) in [6.07, 6.45) is 7.15.